The van der Waals surface area contributed by atoms with Crippen molar-refractivity contribution >= 4 is 27.8 Å². The van der Waals surface area contributed by atoms with Gasteiger partial charge in [0.15, 0.2) is 5.65 Å². The van der Waals surface area contributed by atoms with E-state index in [-0.39, 0.29) is 5.91 Å². The molecule has 0 saturated carbocycles. The summed E-state index contributed by atoms with van der Waals surface area (Å²) in [4.78, 5) is 17.4. The second kappa shape index (κ2) is 6.99. The Morgan fingerprint density at radius 2 is 2.04 bits per heavy atom. The molecule has 0 aliphatic rings. The minimum absolute atomic E-state index is 0.107. The lowest BCUT2D eigenvalue weighted by Gasteiger charge is -2.10. The van der Waals surface area contributed by atoms with Crippen LogP contribution in [0.1, 0.15) is 21.7 Å². The number of amides is 1. The molecule has 0 aliphatic heterocycles. The molecule has 0 saturated heterocycles. The van der Waals surface area contributed by atoms with Crippen LogP contribution in [-0.4, -0.2) is 38.9 Å². The molecule has 4 aromatic rings. The highest BCUT2D eigenvalue weighted by molar-refractivity contribution is 6.06. The average molecular weight is 377 g/mol. The lowest BCUT2D eigenvalue weighted by molar-refractivity contribution is 0.0954. The highest BCUT2D eigenvalue weighted by Crippen LogP contribution is 2.23. The highest BCUT2D eigenvalue weighted by atomic mass is 16.5. The average Bonchev–Trinajstić information content (AvgIpc) is 3.21. The first-order valence-corrected chi connectivity index (χ1v) is 9.20. The van der Waals surface area contributed by atoms with Crippen LogP contribution in [0.25, 0.3) is 21.9 Å². The molecule has 0 unspecified atom stereocenters. The SMILES string of the molecule is COc1ccc2c(ccn2CCNC(=O)c2cc(C)nc3c2c(C)nn3C)c1. The number of hydrogen-bond acceptors (Lipinski definition) is 4. The van der Waals surface area contributed by atoms with Crippen LogP contribution in [0.3, 0.4) is 0 Å². The number of nitrogens with one attached hydrogen (secondary N) is 1. The summed E-state index contributed by atoms with van der Waals surface area (Å²) in [5, 5.41) is 9.36. The van der Waals surface area contributed by atoms with E-state index in [9.17, 15) is 4.79 Å². The topological polar surface area (TPSA) is 74.0 Å². The molecule has 144 valence electrons. The van der Waals surface area contributed by atoms with E-state index in [1.54, 1.807) is 11.8 Å². The zero-order chi connectivity index (χ0) is 19.8. The number of rotatable bonds is 5. The third-order valence-corrected chi connectivity index (χ3v) is 4.96. The van der Waals surface area contributed by atoms with Crippen LogP contribution in [0, 0.1) is 13.8 Å². The Kier molecular flexibility index (Phi) is 4.50. The Balaban J connectivity index is 1.52. The zero-order valence-corrected chi connectivity index (χ0v) is 16.5. The first-order valence-electron chi connectivity index (χ1n) is 9.20. The van der Waals surface area contributed by atoms with Gasteiger partial charge in [-0.25, -0.2) is 4.98 Å². The van der Waals surface area contributed by atoms with Crippen LogP contribution < -0.4 is 10.1 Å². The van der Waals surface area contributed by atoms with Gasteiger partial charge in [-0.05, 0) is 44.2 Å². The van der Waals surface area contributed by atoms with Gasteiger partial charge in [-0.3, -0.25) is 9.48 Å². The minimum atomic E-state index is -0.107. The summed E-state index contributed by atoms with van der Waals surface area (Å²) in [7, 11) is 3.51. The zero-order valence-electron chi connectivity index (χ0n) is 16.5. The van der Waals surface area contributed by atoms with Crippen LogP contribution in [0.15, 0.2) is 36.5 Å². The number of carbonyl (C=O) groups is 1. The van der Waals surface area contributed by atoms with Gasteiger partial charge >= 0.3 is 0 Å². The fourth-order valence-electron chi connectivity index (χ4n) is 3.63. The Morgan fingerprint density at radius 3 is 2.82 bits per heavy atom. The molecule has 0 fully saturated rings. The van der Waals surface area contributed by atoms with Gasteiger partial charge in [0, 0.05) is 42.9 Å². The first-order chi connectivity index (χ1) is 13.5. The molecule has 0 aliphatic carbocycles. The molecule has 1 N–H and O–H groups in total. The number of pyridine rings is 1. The predicted octanol–water partition coefficient (Wildman–Crippen LogP) is 2.98. The Hall–Kier alpha value is -3.35. The van der Waals surface area contributed by atoms with Crippen LogP contribution >= 0.6 is 0 Å². The summed E-state index contributed by atoms with van der Waals surface area (Å²) < 4.78 is 9.11. The van der Waals surface area contributed by atoms with Gasteiger partial charge in [0.25, 0.3) is 5.91 Å². The molecule has 1 aromatic carbocycles. The number of aryl methyl sites for hydroxylation is 3. The van der Waals surface area contributed by atoms with Gasteiger partial charge < -0.3 is 14.6 Å². The van der Waals surface area contributed by atoms with Crippen molar-refractivity contribution in [3.63, 3.8) is 0 Å². The molecule has 7 heteroatoms. The summed E-state index contributed by atoms with van der Waals surface area (Å²) in [5.74, 6) is 0.729. The molecule has 0 atom stereocenters. The molecule has 1 amide bonds. The minimum Gasteiger partial charge on any atom is -0.497 e. The van der Waals surface area contributed by atoms with E-state index in [0.29, 0.717) is 18.7 Å². The number of fused-ring (bicyclic) bond motifs is 2. The molecule has 3 heterocycles. The van der Waals surface area contributed by atoms with Crippen molar-refractivity contribution in [3.8, 4) is 5.75 Å². The van der Waals surface area contributed by atoms with E-state index in [2.05, 4.69) is 26.0 Å². The van der Waals surface area contributed by atoms with Gasteiger partial charge in [-0.15, -0.1) is 0 Å². The number of methoxy groups -OCH3 is 1. The number of nitrogens with zero attached hydrogens (tertiary/aromatic N) is 4. The molecule has 3 aromatic heterocycles. The van der Waals surface area contributed by atoms with E-state index < -0.39 is 0 Å². The van der Waals surface area contributed by atoms with Crippen molar-refractivity contribution in [1.82, 2.24) is 24.6 Å². The van der Waals surface area contributed by atoms with Crippen molar-refractivity contribution in [2.45, 2.75) is 20.4 Å². The Labute approximate surface area is 162 Å². The van der Waals surface area contributed by atoms with Gasteiger partial charge in [0.2, 0.25) is 0 Å². The summed E-state index contributed by atoms with van der Waals surface area (Å²) in [5.41, 5.74) is 4.06. The van der Waals surface area contributed by atoms with Crippen LogP contribution in [-0.2, 0) is 13.6 Å². The van der Waals surface area contributed by atoms with Gasteiger partial charge in [0.1, 0.15) is 5.75 Å². The van der Waals surface area contributed by atoms with Crippen molar-refractivity contribution in [1.29, 1.82) is 0 Å². The summed E-state index contributed by atoms with van der Waals surface area (Å²) in [6.07, 6.45) is 2.02. The second-order valence-electron chi connectivity index (χ2n) is 6.91. The van der Waals surface area contributed by atoms with Crippen molar-refractivity contribution < 1.29 is 9.53 Å². The van der Waals surface area contributed by atoms with Crippen LogP contribution in [0.5, 0.6) is 5.75 Å². The third kappa shape index (κ3) is 3.09. The first kappa shape index (κ1) is 18.0. The smallest absolute Gasteiger partial charge is 0.252 e. The molecular formula is C21H23N5O2. The fourth-order valence-corrected chi connectivity index (χ4v) is 3.63. The van der Waals surface area contributed by atoms with Gasteiger partial charge in [-0.1, -0.05) is 0 Å². The van der Waals surface area contributed by atoms with Crippen molar-refractivity contribution in [3.05, 3.63) is 53.5 Å². The Bertz CT molecular complexity index is 1190. The van der Waals surface area contributed by atoms with E-state index >= 15 is 0 Å². The number of aromatic nitrogens is 4. The monoisotopic (exact) mass is 377 g/mol. The molecule has 0 radical (unpaired) electrons. The summed E-state index contributed by atoms with van der Waals surface area (Å²) >= 11 is 0. The third-order valence-electron chi connectivity index (χ3n) is 4.96. The Morgan fingerprint density at radius 1 is 1.21 bits per heavy atom. The molecule has 0 spiro atoms. The molecule has 28 heavy (non-hydrogen) atoms. The number of benzene rings is 1. The fraction of sp³-hybridized carbons (Fsp3) is 0.286. The van der Waals surface area contributed by atoms with Crippen molar-refractivity contribution in [2.24, 2.45) is 7.05 Å². The normalized spacial score (nSPS) is 11.3. The molecular weight excluding hydrogens is 354 g/mol. The van der Waals surface area contributed by atoms with Gasteiger partial charge in [-0.2, -0.15) is 5.10 Å². The maximum atomic E-state index is 12.8. The van der Waals surface area contributed by atoms with E-state index in [0.717, 1.165) is 39.1 Å². The van der Waals surface area contributed by atoms with Crippen LogP contribution in [0.4, 0.5) is 0 Å². The molecule has 7 nitrogen and oxygen atoms in total. The highest BCUT2D eigenvalue weighted by Gasteiger charge is 2.17. The summed E-state index contributed by atoms with van der Waals surface area (Å²) in [6, 6.07) is 9.86. The maximum Gasteiger partial charge on any atom is 0.252 e. The number of ether oxygens (including phenoxy) is 1. The van der Waals surface area contributed by atoms with Crippen LogP contribution in [0.2, 0.25) is 0 Å². The lowest BCUT2D eigenvalue weighted by Crippen LogP contribution is -2.27. The number of hydrogen-bond donors (Lipinski definition) is 1. The quantitative estimate of drug-likeness (QED) is 0.580. The van der Waals surface area contributed by atoms with Gasteiger partial charge in [0.05, 0.1) is 23.8 Å². The summed E-state index contributed by atoms with van der Waals surface area (Å²) in [6.45, 7) is 4.99. The standard InChI is InChI=1S/C21H23N5O2/c1-13-11-17(19-14(2)24-25(3)20(19)23-13)21(27)22-8-10-26-9-7-15-12-16(28-4)5-6-18(15)26/h5-7,9,11-12H,8,10H2,1-4H3,(H,22,27). The second-order valence-corrected chi connectivity index (χ2v) is 6.91. The van der Waals surface area contributed by atoms with E-state index in [1.807, 2.05) is 51.4 Å². The number of carbonyl (C=O) groups excluding carboxylic acids is 1. The molecule has 4 rings (SSSR count). The predicted molar refractivity (Wildman–Crippen MR) is 109 cm³/mol. The molecule has 0 bridgehead atoms. The largest absolute Gasteiger partial charge is 0.497 e. The van der Waals surface area contributed by atoms with E-state index in [4.69, 9.17) is 4.74 Å². The maximum absolute atomic E-state index is 12.8. The lowest BCUT2D eigenvalue weighted by atomic mass is 10.1. The van der Waals surface area contributed by atoms with Crippen molar-refractivity contribution in [2.75, 3.05) is 13.7 Å². The van der Waals surface area contributed by atoms with E-state index in [1.165, 1.54) is 0 Å².